The van der Waals surface area contributed by atoms with Gasteiger partial charge in [0.15, 0.2) is 9.84 Å². The fraction of sp³-hybridized carbons (Fsp3) is 0.700. The monoisotopic (exact) mass is 349 g/mol. The summed E-state index contributed by atoms with van der Waals surface area (Å²) in [5, 5.41) is 0. The summed E-state index contributed by atoms with van der Waals surface area (Å²) >= 11 is 0. The molecule has 2 unspecified atom stereocenters. The van der Waals surface area contributed by atoms with Crippen molar-refractivity contribution < 1.29 is 8.42 Å². The first-order chi connectivity index (χ1) is 11.4. The first-order valence-corrected chi connectivity index (χ1v) is 10.9. The predicted molar refractivity (Wildman–Crippen MR) is 98.8 cm³/mol. The van der Waals surface area contributed by atoms with E-state index in [4.69, 9.17) is 0 Å². The highest BCUT2D eigenvalue weighted by atomic mass is 32.2. The lowest BCUT2D eigenvalue weighted by Gasteiger charge is -2.42. The number of piperidine rings is 1. The van der Waals surface area contributed by atoms with Crippen LogP contribution in [0.25, 0.3) is 0 Å². The van der Waals surface area contributed by atoms with Crippen molar-refractivity contribution in [2.24, 2.45) is 11.8 Å². The molecule has 0 aromatic heterocycles. The Hall–Kier alpha value is -0.870. The minimum atomic E-state index is -3.29. The van der Waals surface area contributed by atoms with Gasteiger partial charge >= 0.3 is 0 Å². The molecule has 2 aliphatic rings. The molecule has 2 fully saturated rings. The van der Waals surface area contributed by atoms with Gasteiger partial charge in [-0.25, -0.2) is 8.42 Å². The van der Waals surface area contributed by atoms with Crippen molar-refractivity contribution in [3.63, 3.8) is 0 Å². The number of nitrogens with zero attached hydrogens (tertiary/aromatic N) is 1. The summed E-state index contributed by atoms with van der Waals surface area (Å²) in [5.41, 5.74) is 0. The summed E-state index contributed by atoms with van der Waals surface area (Å²) in [5.74, 6) is 1.78. The molecule has 1 saturated heterocycles. The zero-order valence-electron chi connectivity index (χ0n) is 15.1. The molecule has 0 amide bonds. The van der Waals surface area contributed by atoms with Gasteiger partial charge in [-0.1, -0.05) is 37.5 Å². The molecule has 1 heterocycles. The maximum Gasteiger partial charge on any atom is 0.183 e. The van der Waals surface area contributed by atoms with Gasteiger partial charge in [0.05, 0.1) is 9.64 Å². The number of benzene rings is 1. The molecule has 1 aromatic rings. The van der Waals surface area contributed by atoms with Crippen LogP contribution in [0.15, 0.2) is 35.2 Å². The van der Waals surface area contributed by atoms with E-state index in [0.29, 0.717) is 11.3 Å². The Labute approximate surface area is 147 Å². The van der Waals surface area contributed by atoms with Gasteiger partial charge in [0, 0.05) is 6.54 Å². The lowest BCUT2D eigenvalue weighted by atomic mass is 9.75. The topological polar surface area (TPSA) is 37.4 Å². The number of sulfone groups is 1. The minimum Gasteiger partial charge on any atom is -0.303 e. The van der Waals surface area contributed by atoms with Crippen LogP contribution in [-0.2, 0) is 9.84 Å². The second kappa shape index (κ2) is 7.17. The molecular formula is C20H31NO2S. The molecule has 24 heavy (non-hydrogen) atoms. The Morgan fingerprint density at radius 1 is 1.04 bits per heavy atom. The predicted octanol–water partition coefficient (Wildman–Crippen LogP) is 4.14. The van der Waals surface area contributed by atoms with Crippen molar-refractivity contribution in [3.8, 4) is 0 Å². The average molecular weight is 350 g/mol. The molecule has 134 valence electrons. The third-order valence-electron chi connectivity index (χ3n) is 6.19. The third-order valence-corrected chi connectivity index (χ3v) is 8.74. The summed E-state index contributed by atoms with van der Waals surface area (Å²) in [7, 11) is -3.29. The average Bonchev–Trinajstić information content (AvgIpc) is 2.60. The highest BCUT2D eigenvalue weighted by Crippen LogP contribution is 2.36. The van der Waals surface area contributed by atoms with E-state index < -0.39 is 14.6 Å². The lowest BCUT2D eigenvalue weighted by Crippen LogP contribution is -2.44. The van der Waals surface area contributed by atoms with E-state index in [1.165, 1.54) is 38.6 Å². The Balaban J connectivity index is 1.61. The van der Waals surface area contributed by atoms with Crippen molar-refractivity contribution in [3.05, 3.63) is 30.3 Å². The fourth-order valence-electron chi connectivity index (χ4n) is 4.36. The van der Waals surface area contributed by atoms with E-state index >= 15 is 0 Å². The van der Waals surface area contributed by atoms with Crippen LogP contribution in [0.2, 0.25) is 0 Å². The smallest absolute Gasteiger partial charge is 0.183 e. The van der Waals surface area contributed by atoms with Crippen molar-refractivity contribution in [2.45, 2.75) is 62.0 Å². The molecule has 0 spiro atoms. The first kappa shape index (κ1) is 17.9. The summed E-state index contributed by atoms with van der Waals surface area (Å²) in [4.78, 5) is 2.95. The van der Waals surface area contributed by atoms with Crippen LogP contribution in [0.5, 0.6) is 0 Å². The van der Waals surface area contributed by atoms with Gasteiger partial charge in [-0.3, -0.25) is 0 Å². The van der Waals surface area contributed by atoms with Crippen LogP contribution in [0, 0.1) is 11.8 Å². The normalized spacial score (nSPS) is 26.1. The molecule has 0 radical (unpaired) electrons. The van der Waals surface area contributed by atoms with E-state index in [9.17, 15) is 8.42 Å². The third kappa shape index (κ3) is 3.70. The van der Waals surface area contributed by atoms with E-state index in [-0.39, 0.29) is 0 Å². The van der Waals surface area contributed by atoms with E-state index in [0.717, 1.165) is 24.9 Å². The Morgan fingerprint density at radius 3 is 2.42 bits per heavy atom. The van der Waals surface area contributed by atoms with Gasteiger partial charge < -0.3 is 4.90 Å². The van der Waals surface area contributed by atoms with Gasteiger partial charge in [0.25, 0.3) is 0 Å². The zero-order valence-corrected chi connectivity index (χ0v) is 15.9. The molecule has 1 aliphatic carbocycles. The maximum absolute atomic E-state index is 12.9. The number of hydrogen-bond donors (Lipinski definition) is 0. The quantitative estimate of drug-likeness (QED) is 0.802. The summed E-state index contributed by atoms with van der Waals surface area (Å²) in [6.07, 6.45) is 7.56. The van der Waals surface area contributed by atoms with Gasteiger partial charge in [-0.15, -0.1) is 0 Å². The van der Waals surface area contributed by atoms with Crippen molar-refractivity contribution >= 4 is 9.84 Å². The minimum absolute atomic E-state index is 0.445. The Morgan fingerprint density at radius 2 is 1.71 bits per heavy atom. The largest absolute Gasteiger partial charge is 0.303 e. The highest BCUT2D eigenvalue weighted by Gasteiger charge is 2.37. The fourth-order valence-corrected chi connectivity index (χ4v) is 5.87. The standard InChI is InChI=1S/C20H31NO2S/c1-20(2,24(22,23)19-10-4-3-5-11-19)13-15-21-14-12-17-8-6-7-9-18(17)16-21/h3-5,10-11,17-18H,6-9,12-16H2,1-2H3. The highest BCUT2D eigenvalue weighted by molar-refractivity contribution is 7.92. The molecule has 1 aromatic carbocycles. The number of fused-ring (bicyclic) bond motifs is 1. The van der Waals surface area contributed by atoms with Crippen LogP contribution in [-0.4, -0.2) is 37.7 Å². The second-order valence-corrected chi connectivity index (χ2v) is 10.8. The SMILES string of the molecule is CC(C)(CCN1CCC2CCCCC2C1)S(=O)(=O)c1ccccc1. The zero-order chi connectivity index (χ0) is 17.2. The second-order valence-electron chi connectivity index (χ2n) is 8.22. The van der Waals surface area contributed by atoms with Gasteiger partial charge in [0.1, 0.15) is 0 Å². The number of rotatable bonds is 5. The van der Waals surface area contributed by atoms with Crippen LogP contribution >= 0.6 is 0 Å². The van der Waals surface area contributed by atoms with Crippen molar-refractivity contribution in [1.29, 1.82) is 0 Å². The van der Waals surface area contributed by atoms with E-state index in [1.807, 2.05) is 19.9 Å². The first-order valence-electron chi connectivity index (χ1n) is 9.42. The maximum atomic E-state index is 12.9. The van der Waals surface area contributed by atoms with E-state index in [2.05, 4.69) is 4.90 Å². The summed E-state index contributed by atoms with van der Waals surface area (Å²) in [6, 6.07) is 8.89. The molecule has 0 bridgehead atoms. The van der Waals surface area contributed by atoms with Crippen LogP contribution < -0.4 is 0 Å². The van der Waals surface area contributed by atoms with E-state index in [1.54, 1.807) is 24.3 Å². The lowest BCUT2D eigenvalue weighted by molar-refractivity contribution is 0.0845. The molecule has 2 atom stereocenters. The van der Waals surface area contributed by atoms with Crippen LogP contribution in [0.4, 0.5) is 0 Å². The van der Waals surface area contributed by atoms with Gasteiger partial charge in [0.2, 0.25) is 0 Å². The molecule has 1 saturated carbocycles. The van der Waals surface area contributed by atoms with Crippen LogP contribution in [0.3, 0.4) is 0 Å². The van der Waals surface area contributed by atoms with Gasteiger partial charge in [-0.2, -0.15) is 0 Å². The molecule has 1 aliphatic heterocycles. The summed E-state index contributed by atoms with van der Waals surface area (Å²) < 4.78 is 25.1. The summed E-state index contributed by atoms with van der Waals surface area (Å²) in [6.45, 7) is 6.96. The van der Waals surface area contributed by atoms with Crippen molar-refractivity contribution in [1.82, 2.24) is 4.90 Å². The molecular weight excluding hydrogens is 318 g/mol. The molecule has 4 heteroatoms. The van der Waals surface area contributed by atoms with Crippen molar-refractivity contribution in [2.75, 3.05) is 19.6 Å². The molecule has 0 N–H and O–H groups in total. The number of hydrogen-bond acceptors (Lipinski definition) is 3. The Kier molecular flexibility index (Phi) is 5.36. The van der Waals surface area contributed by atoms with Crippen LogP contribution in [0.1, 0.15) is 52.4 Å². The molecule has 3 rings (SSSR count). The van der Waals surface area contributed by atoms with Gasteiger partial charge in [-0.05, 0) is 70.2 Å². The molecule has 3 nitrogen and oxygen atoms in total. The number of likely N-dealkylation sites (tertiary alicyclic amines) is 1. The Bertz CT molecular complexity index is 639.